The summed E-state index contributed by atoms with van der Waals surface area (Å²) in [5.74, 6) is 0. The zero-order valence-corrected chi connectivity index (χ0v) is 33.9. The van der Waals surface area contributed by atoms with E-state index in [0.29, 0.717) is 0 Å². The summed E-state index contributed by atoms with van der Waals surface area (Å²) in [6, 6.07) is 77.9. The van der Waals surface area contributed by atoms with Crippen LogP contribution in [0.15, 0.2) is 212 Å². The van der Waals surface area contributed by atoms with E-state index < -0.39 is 0 Å². The first-order valence-electron chi connectivity index (χ1n) is 20.4. The number of fused-ring (bicyclic) bond motifs is 6. The smallest absolute Gasteiger partial charge is 0.0462 e. The highest BCUT2D eigenvalue weighted by Gasteiger charge is 2.35. The molecule has 0 fully saturated rings. The predicted molar refractivity (Wildman–Crippen MR) is 253 cm³/mol. The Kier molecular flexibility index (Phi) is 8.43. The zero-order valence-electron chi connectivity index (χ0n) is 33.1. The fraction of sp³-hybridized carbons (Fsp3) is 0.0526. The van der Waals surface area contributed by atoms with Crippen LogP contribution in [0.3, 0.4) is 0 Å². The summed E-state index contributed by atoms with van der Waals surface area (Å²) in [6.45, 7) is 4.71. The Bertz CT molecular complexity index is 3060. The molecule has 1 aliphatic rings. The maximum Gasteiger partial charge on any atom is 0.0462 e. The van der Waals surface area contributed by atoms with Gasteiger partial charge in [-0.25, -0.2) is 0 Å². The van der Waals surface area contributed by atoms with Crippen LogP contribution in [0.1, 0.15) is 25.0 Å². The van der Waals surface area contributed by atoms with Crippen molar-refractivity contribution in [2.24, 2.45) is 0 Å². The summed E-state index contributed by atoms with van der Waals surface area (Å²) in [7, 11) is 0. The minimum absolute atomic E-state index is 0.0251. The van der Waals surface area contributed by atoms with Gasteiger partial charge in [0.2, 0.25) is 0 Å². The normalized spacial score (nSPS) is 12.7. The molecule has 0 radical (unpaired) electrons. The summed E-state index contributed by atoms with van der Waals surface area (Å²) < 4.78 is 2.65. The van der Waals surface area contributed by atoms with E-state index in [0.717, 1.165) is 17.1 Å². The van der Waals surface area contributed by atoms with Gasteiger partial charge >= 0.3 is 0 Å². The molecule has 11 rings (SSSR count). The molecule has 9 aromatic carbocycles. The first-order chi connectivity index (χ1) is 29.0. The predicted octanol–water partition coefficient (Wildman–Crippen LogP) is 16.5. The number of nitrogens with zero attached hydrogens (tertiary/aromatic N) is 1. The molecule has 2 heteroatoms. The molecule has 0 spiro atoms. The average Bonchev–Trinajstić information content (AvgIpc) is 3.79. The molecule has 1 heterocycles. The Morgan fingerprint density at radius 1 is 0.339 bits per heavy atom. The Balaban J connectivity index is 1.02. The third-order valence-electron chi connectivity index (χ3n) is 12.3. The maximum atomic E-state index is 2.44. The van der Waals surface area contributed by atoms with Crippen molar-refractivity contribution in [3.05, 3.63) is 223 Å². The lowest BCUT2D eigenvalue weighted by molar-refractivity contribution is 0.660. The molecule has 0 aliphatic heterocycles. The van der Waals surface area contributed by atoms with Gasteiger partial charge in [-0.3, -0.25) is 0 Å². The van der Waals surface area contributed by atoms with Crippen molar-refractivity contribution >= 4 is 48.6 Å². The minimum Gasteiger partial charge on any atom is -0.311 e. The number of thiophene rings is 1. The van der Waals surface area contributed by atoms with E-state index >= 15 is 0 Å². The van der Waals surface area contributed by atoms with Gasteiger partial charge < -0.3 is 4.90 Å². The molecule has 10 aromatic rings. The van der Waals surface area contributed by atoms with Crippen LogP contribution in [0.2, 0.25) is 0 Å². The first-order valence-corrected chi connectivity index (χ1v) is 21.2. The molecule has 0 saturated heterocycles. The summed E-state index contributed by atoms with van der Waals surface area (Å²) in [5.41, 5.74) is 18.6. The highest BCUT2D eigenvalue weighted by molar-refractivity contribution is 7.26. The third-order valence-corrected chi connectivity index (χ3v) is 13.5. The summed E-state index contributed by atoms with van der Waals surface area (Å²) in [5, 5.41) is 2.62. The van der Waals surface area contributed by atoms with E-state index in [1.54, 1.807) is 0 Å². The second-order valence-electron chi connectivity index (χ2n) is 16.1. The molecule has 1 aromatic heterocycles. The fourth-order valence-corrected chi connectivity index (χ4v) is 10.4. The highest BCUT2D eigenvalue weighted by Crippen LogP contribution is 2.51. The Morgan fingerprint density at radius 2 is 0.797 bits per heavy atom. The van der Waals surface area contributed by atoms with E-state index in [1.807, 2.05) is 11.3 Å². The molecule has 1 aliphatic carbocycles. The van der Waals surface area contributed by atoms with Gasteiger partial charge in [0.05, 0.1) is 0 Å². The molecule has 280 valence electrons. The van der Waals surface area contributed by atoms with Crippen LogP contribution < -0.4 is 4.90 Å². The van der Waals surface area contributed by atoms with Crippen LogP contribution in [0.25, 0.3) is 75.8 Å². The van der Waals surface area contributed by atoms with E-state index in [-0.39, 0.29) is 5.41 Å². The third kappa shape index (κ3) is 6.07. The Morgan fingerprint density at radius 3 is 1.41 bits per heavy atom. The van der Waals surface area contributed by atoms with Crippen LogP contribution in [0, 0.1) is 0 Å². The van der Waals surface area contributed by atoms with Crippen LogP contribution in [0.4, 0.5) is 17.1 Å². The lowest BCUT2D eigenvalue weighted by Crippen LogP contribution is -2.14. The van der Waals surface area contributed by atoms with Gasteiger partial charge in [-0.05, 0) is 122 Å². The van der Waals surface area contributed by atoms with Crippen molar-refractivity contribution < 1.29 is 0 Å². The van der Waals surface area contributed by atoms with E-state index in [2.05, 4.69) is 231 Å². The first kappa shape index (κ1) is 35.2. The van der Waals surface area contributed by atoms with E-state index in [9.17, 15) is 0 Å². The Hall–Kier alpha value is -7.00. The minimum atomic E-state index is -0.0251. The van der Waals surface area contributed by atoms with Gasteiger partial charge in [0.15, 0.2) is 0 Å². The lowest BCUT2D eigenvalue weighted by Gasteiger charge is -2.26. The van der Waals surface area contributed by atoms with E-state index in [4.69, 9.17) is 0 Å². The number of anilines is 3. The molecular formula is C57H41NS. The van der Waals surface area contributed by atoms with Gasteiger partial charge in [-0.15, -0.1) is 11.3 Å². The highest BCUT2D eigenvalue weighted by atomic mass is 32.1. The van der Waals surface area contributed by atoms with Crippen LogP contribution in [-0.4, -0.2) is 0 Å². The standard InChI is InChI=1S/C57H41NS/c1-57(2)53-19-11-9-17-48(53)51-35-43(27-34-54(51)57)50-36-44(37-52-49-18-10-12-20-55(49)59-56(50)52)42-25-32-47(33-26-42)58(45-28-21-40(22-29-45)38-13-5-3-6-14-38)46-30-23-41(24-31-46)39-15-7-4-8-16-39/h3-37H,1-2H3. The number of hydrogen-bond acceptors (Lipinski definition) is 2. The van der Waals surface area contributed by atoms with Crippen molar-refractivity contribution in [2.75, 3.05) is 4.90 Å². The van der Waals surface area contributed by atoms with Crippen molar-refractivity contribution in [3.63, 3.8) is 0 Å². The summed E-state index contributed by atoms with van der Waals surface area (Å²) in [6.07, 6.45) is 0. The summed E-state index contributed by atoms with van der Waals surface area (Å²) in [4.78, 5) is 2.36. The topological polar surface area (TPSA) is 3.24 Å². The van der Waals surface area contributed by atoms with Gasteiger partial charge in [0.25, 0.3) is 0 Å². The maximum absolute atomic E-state index is 2.44. The molecule has 0 saturated carbocycles. The molecule has 0 amide bonds. The number of benzene rings is 9. The monoisotopic (exact) mass is 771 g/mol. The van der Waals surface area contributed by atoms with Crippen LogP contribution >= 0.6 is 11.3 Å². The zero-order chi connectivity index (χ0) is 39.5. The molecule has 0 N–H and O–H groups in total. The lowest BCUT2D eigenvalue weighted by atomic mass is 9.82. The van der Waals surface area contributed by atoms with Crippen molar-refractivity contribution in [2.45, 2.75) is 19.3 Å². The van der Waals surface area contributed by atoms with Crippen molar-refractivity contribution in [1.82, 2.24) is 0 Å². The Labute approximate surface area is 350 Å². The van der Waals surface area contributed by atoms with Crippen LogP contribution in [-0.2, 0) is 5.41 Å². The van der Waals surface area contributed by atoms with Gasteiger partial charge in [0.1, 0.15) is 0 Å². The second kappa shape index (κ2) is 14.1. The molecule has 0 unspecified atom stereocenters. The van der Waals surface area contributed by atoms with Crippen molar-refractivity contribution in [3.8, 4) is 55.6 Å². The van der Waals surface area contributed by atoms with Gasteiger partial charge in [-0.1, -0.05) is 166 Å². The molecule has 1 nitrogen and oxygen atoms in total. The molecular weight excluding hydrogens is 731 g/mol. The number of rotatable bonds is 7. The number of hydrogen-bond donors (Lipinski definition) is 0. The average molecular weight is 772 g/mol. The van der Waals surface area contributed by atoms with Gasteiger partial charge in [0, 0.05) is 48.2 Å². The fourth-order valence-electron chi connectivity index (χ4n) is 9.21. The second-order valence-corrected chi connectivity index (χ2v) is 17.2. The molecule has 59 heavy (non-hydrogen) atoms. The quantitative estimate of drug-likeness (QED) is 0.156. The van der Waals surface area contributed by atoms with Gasteiger partial charge in [-0.2, -0.15) is 0 Å². The molecule has 0 bridgehead atoms. The van der Waals surface area contributed by atoms with Crippen molar-refractivity contribution in [1.29, 1.82) is 0 Å². The van der Waals surface area contributed by atoms with Crippen LogP contribution in [0.5, 0.6) is 0 Å². The SMILES string of the molecule is CC1(C)c2ccccc2-c2cc(-c3cc(-c4ccc(N(c5ccc(-c6ccccc6)cc5)c5ccc(-c6ccccc6)cc5)cc4)cc4c3sc3ccccc34)ccc21. The van der Waals surface area contributed by atoms with E-state index in [1.165, 1.54) is 86.9 Å². The molecule has 0 atom stereocenters. The largest absolute Gasteiger partial charge is 0.311 e. The summed E-state index contributed by atoms with van der Waals surface area (Å²) >= 11 is 1.90.